The minimum absolute atomic E-state index is 0.201. The van der Waals surface area contributed by atoms with Gasteiger partial charge in [0.05, 0.1) is 17.2 Å². The first kappa shape index (κ1) is 18.9. The number of fused-ring (bicyclic) bond motifs is 1. The molecule has 1 heterocycles. The molecule has 1 fully saturated rings. The number of carbonyl (C=O) groups is 1. The van der Waals surface area contributed by atoms with Gasteiger partial charge in [-0.25, -0.2) is 0 Å². The van der Waals surface area contributed by atoms with Crippen LogP contribution in [0.25, 0.3) is 11.6 Å². The molecule has 0 bridgehead atoms. The zero-order chi connectivity index (χ0) is 19.7. The van der Waals surface area contributed by atoms with E-state index in [4.69, 9.17) is 27.9 Å². The second kappa shape index (κ2) is 7.50. The Bertz CT molecular complexity index is 1020. The Kier molecular flexibility index (Phi) is 5.05. The standard InChI is InChI=1S/C22H18Cl2N2O2/c23-15-4-6-20(28-13-22(12-25)7-1-2-8-22)14(9-15)10-18-17-5-3-16(24)11-19(17)26-21(18)27/h3-6,9-11H,1-2,7-8,13H2,(H,26,27). The minimum atomic E-state index is -0.432. The van der Waals surface area contributed by atoms with Gasteiger partial charge in [0, 0.05) is 26.7 Å². The summed E-state index contributed by atoms with van der Waals surface area (Å²) in [4.78, 5) is 12.5. The second-order valence-corrected chi connectivity index (χ2v) is 8.14. The van der Waals surface area contributed by atoms with Crippen molar-refractivity contribution in [3.05, 3.63) is 57.6 Å². The summed E-state index contributed by atoms with van der Waals surface area (Å²) in [7, 11) is 0. The molecule has 1 amide bonds. The molecule has 2 aromatic carbocycles. The van der Waals surface area contributed by atoms with E-state index in [2.05, 4.69) is 11.4 Å². The van der Waals surface area contributed by atoms with Crippen molar-refractivity contribution in [1.82, 2.24) is 0 Å². The van der Waals surface area contributed by atoms with Crippen LogP contribution in [-0.4, -0.2) is 12.5 Å². The van der Waals surface area contributed by atoms with Crippen LogP contribution in [0.2, 0.25) is 10.0 Å². The molecule has 4 rings (SSSR count). The molecule has 142 valence electrons. The summed E-state index contributed by atoms with van der Waals surface area (Å²) in [5.41, 5.74) is 2.26. The van der Waals surface area contributed by atoms with E-state index in [0.29, 0.717) is 39.2 Å². The third kappa shape index (κ3) is 3.61. The van der Waals surface area contributed by atoms with Gasteiger partial charge in [0.1, 0.15) is 12.4 Å². The van der Waals surface area contributed by atoms with E-state index in [1.54, 1.807) is 36.4 Å². The molecule has 28 heavy (non-hydrogen) atoms. The van der Waals surface area contributed by atoms with Gasteiger partial charge in [-0.1, -0.05) is 42.1 Å². The Hall–Kier alpha value is -2.48. The maximum Gasteiger partial charge on any atom is 0.256 e. The van der Waals surface area contributed by atoms with E-state index in [-0.39, 0.29) is 5.91 Å². The Morgan fingerprint density at radius 1 is 1.14 bits per heavy atom. The lowest BCUT2D eigenvalue weighted by atomic mass is 9.89. The van der Waals surface area contributed by atoms with Crippen LogP contribution < -0.4 is 10.1 Å². The molecule has 6 heteroatoms. The third-order valence-corrected chi connectivity index (χ3v) is 5.81. The average Bonchev–Trinajstić information content (AvgIpc) is 3.26. The number of rotatable bonds is 4. The first-order valence-electron chi connectivity index (χ1n) is 9.16. The van der Waals surface area contributed by atoms with Gasteiger partial charge in [0.25, 0.3) is 5.91 Å². The number of carbonyl (C=O) groups excluding carboxylic acids is 1. The van der Waals surface area contributed by atoms with Crippen LogP contribution >= 0.6 is 23.2 Å². The highest BCUT2D eigenvalue weighted by Crippen LogP contribution is 2.40. The maximum absolute atomic E-state index is 12.5. The first-order valence-corrected chi connectivity index (χ1v) is 9.92. The zero-order valence-corrected chi connectivity index (χ0v) is 16.6. The topological polar surface area (TPSA) is 62.1 Å². The van der Waals surface area contributed by atoms with Crippen molar-refractivity contribution in [2.24, 2.45) is 5.41 Å². The lowest BCUT2D eigenvalue weighted by Crippen LogP contribution is -2.23. The van der Waals surface area contributed by atoms with Gasteiger partial charge in [0.2, 0.25) is 0 Å². The normalized spacial score (nSPS) is 18.6. The molecule has 0 radical (unpaired) electrons. The van der Waals surface area contributed by atoms with E-state index >= 15 is 0 Å². The van der Waals surface area contributed by atoms with Crippen LogP contribution in [0.15, 0.2) is 36.4 Å². The highest BCUT2D eigenvalue weighted by molar-refractivity contribution is 6.37. The van der Waals surface area contributed by atoms with Gasteiger partial charge in [-0.2, -0.15) is 5.26 Å². The van der Waals surface area contributed by atoms with E-state index in [1.807, 2.05) is 6.07 Å². The number of nitrogens with one attached hydrogen (secondary N) is 1. The van der Waals surface area contributed by atoms with Gasteiger partial charge in [-0.15, -0.1) is 0 Å². The van der Waals surface area contributed by atoms with Crippen LogP contribution in [0.3, 0.4) is 0 Å². The number of nitrogens with zero attached hydrogens (tertiary/aromatic N) is 1. The fraction of sp³-hybridized carbons (Fsp3) is 0.273. The molecule has 1 aliphatic carbocycles. The Morgan fingerprint density at radius 2 is 1.86 bits per heavy atom. The van der Waals surface area contributed by atoms with Crippen LogP contribution in [-0.2, 0) is 4.79 Å². The molecule has 0 spiro atoms. The summed E-state index contributed by atoms with van der Waals surface area (Å²) in [5, 5.41) is 13.5. The SMILES string of the molecule is N#CC1(COc2ccc(Cl)cc2C=C2C(=O)Nc3cc(Cl)ccc32)CCCC1. The number of amides is 1. The number of halogens is 2. The molecule has 2 aromatic rings. The number of ether oxygens (including phenoxy) is 1. The van der Waals surface area contributed by atoms with Crippen molar-refractivity contribution in [3.63, 3.8) is 0 Å². The van der Waals surface area contributed by atoms with E-state index < -0.39 is 5.41 Å². The predicted molar refractivity (Wildman–Crippen MR) is 111 cm³/mol. The fourth-order valence-electron chi connectivity index (χ4n) is 3.79. The molecule has 1 aliphatic heterocycles. The largest absolute Gasteiger partial charge is 0.491 e. The van der Waals surface area contributed by atoms with Gasteiger partial charge in [-0.3, -0.25) is 4.79 Å². The number of hydrogen-bond acceptors (Lipinski definition) is 3. The van der Waals surface area contributed by atoms with Gasteiger partial charge in [-0.05, 0) is 49.2 Å². The summed E-state index contributed by atoms with van der Waals surface area (Å²) in [6, 6.07) is 13.0. The van der Waals surface area contributed by atoms with Gasteiger partial charge >= 0.3 is 0 Å². The lowest BCUT2D eigenvalue weighted by molar-refractivity contribution is -0.110. The molecular weight excluding hydrogens is 395 g/mol. The monoisotopic (exact) mass is 412 g/mol. The molecule has 1 saturated carbocycles. The van der Waals surface area contributed by atoms with Crippen molar-refractivity contribution >= 4 is 46.4 Å². The van der Waals surface area contributed by atoms with Crippen molar-refractivity contribution in [1.29, 1.82) is 5.26 Å². The Balaban J connectivity index is 1.67. The maximum atomic E-state index is 12.5. The zero-order valence-electron chi connectivity index (χ0n) is 15.1. The average molecular weight is 413 g/mol. The number of benzene rings is 2. The fourth-order valence-corrected chi connectivity index (χ4v) is 4.14. The third-order valence-electron chi connectivity index (χ3n) is 5.34. The molecule has 0 saturated heterocycles. The molecular formula is C22H18Cl2N2O2. The highest BCUT2D eigenvalue weighted by Gasteiger charge is 2.35. The minimum Gasteiger partial charge on any atom is -0.491 e. The summed E-state index contributed by atoms with van der Waals surface area (Å²) in [5.74, 6) is 0.404. The highest BCUT2D eigenvalue weighted by atomic mass is 35.5. The molecule has 2 aliphatic rings. The van der Waals surface area contributed by atoms with E-state index in [9.17, 15) is 10.1 Å². The van der Waals surface area contributed by atoms with E-state index in [0.717, 1.165) is 31.2 Å². The van der Waals surface area contributed by atoms with Crippen molar-refractivity contribution < 1.29 is 9.53 Å². The molecule has 0 aromatic heterocycles. The quantitative estimate of drug-likeness (QED) is 0.630. The van der Waals surface area contributed by atoms with E-state index in [1.165, 1.54) is 0 Å². The smallest absolute Gasteiger partial charge is 0.256 e. The molecule has 1 N–H and O–H groups in total. The van der Waals surface area contributed by atoms with Crippen molar-refractivity contribution in [3.8, 4) is 11.8 Å². The lowest BCUT2D eigenvalue weighted by Gasteiger charge is -2.21. The van der Waals surface area contributed by atoms with Gasteiger partial charge < -0.3 is 10.1 Å². The number of anilines is 1. The summed E-state index contributed by atoms with van der Waals surface area (Å²) >= 11 is 12.2. The Morgan fingerprint density at radius 3 is 2.61 bits per heavy atom. The summed E-state index contributed by atoms with van der Waals surface area (Å²) < 4.78 is 6.04. The van der Waals surface area contributed by atoms with Gasteiger partial charge in [0.15, 0.2) is 0 Å². The summed E-state index contributed by atoms with van der Waals surface area (Å²) in [6.07, 6.45) is 5.57. The molecule has 0 atom stereocenters. The van der Waals surface area contributed by atoms with Crippen molar-refractivity contribution in [2.75, 3.05) is 11.9 Å². The van der Waals surface area contributed by atoms with Crippen LogP contribution in [0.1, 0.15) is 36.8 Å². The Labute approximate surface area is 173 Å². The second-order valence-electron chi connectivity index (χ2n) is 7.27. The van der Waals surface area contributed by atoms with Crippen LogP contribution in [0, 0.1) is 16.7 Å². The predicted octanol–water partition coefficient (Wildman–Crippen LogP) is 5.95. The molecule has 4 nitrogen and oxygen atoms in total. The first-order chi connectivity index (χ1) is 13.5. The molecule has 0 unspecified atom stereocenters. The van der Waals surface area contributed by atoms with Crippen LogP contribution in [0.5, 0.6) is 5.75 Å². The number of hydrogen-bond donors (Lipinski definition) is 1. The van der Waals surface area contributed by atoms with Crippen LogP contribution in [0.4, 0.5) is 5.69 Å². The van der Waals surface area contributed by atoms with Crippen molar-refractivity contribution in [2.45, 2.75) is 25.7 Å². The summed E-state index contributed by atoms with van der Waals surface area (Å²) in [6.45, 7) is 0.333. The number of nitriles is 1.